The third kappa shape index (κ3) is 3.57. The van der Waals surface area contributed by atoms with Crippen molar-refractivity contribution in [2.75, 3.05) is 7.11 Å². The lowest BCUT2D eigenvalue weighted by molar-refractivity contribution is 0.0932. The number of carbonyl (C=O) groups excluding carboxylic acids is 1. The van der Waals surface area contributed by atoms with E-state index in [9.17, 15) is 9.59 Å². The van der Waals surface area contributed by atoms with Crippen LogP contribution in [0.2, 0.25) is 0 Å². The van der Waals surface area contributed by atoms with Crippen LogP contribution in [-0.4, -0.2) is 22.4 Å². The molecule has 0 unspecified atom stereocenters. The summed E-state index contributed by atoms with van der Waals surface area (Å²) in [5, 5.41) is 0. The number of Topliss-reactive ketones (excluding diaryl/α,β-unsaturated/α-hetero) is 1. The largest absolute Gasteiger partial charge is 0.497 e. The first-order valence-corrected chi connectivity index (χ1v) is 8.33. The summed E-state index contributed by atoms with van der Waals surface area (Å²) in [6.07, 6.45) is 1.43. The fourth-order valence-corrected chi connectivity index (χ4v) is 2.71. The summed E-state index contributed by atoms with van der Waals surface area (Å²) in [6.45, 7) is 3.67. The molecular weight excluding hydrogens is 328 g/mol. The van der Waals surface area contributed by atoms with Crippen LogP contribution in [0, 0.1) is 6.92 Å². The average molecular weight is 348 g/mol. The molecule has 3 aromatic rings. The van der Waals surface area contributed by atoms with Crippen LogP contribution in [0.25, 0.3) is 11.3 Å². The Labute approximate surface area is 151 Å². The second-order valence-corrected chi connectivity index (χ2v) is 6.15. The highest BCUT2D eigenvalue weighted by Crippen LogP contribution is 2.20. The van der Waals surface area contributed by atoms with E-state index in [1.54, 1.807) is 26.2 Å². The van der Waals surface area contributed by atoms with Gasteiger partial charge in [0.2, 0.25) is 0 Å². The van der Waals surface area contributed by atoms with E-state index in [4.69, 9.17) is 4.74 Å². The van der Waals surface area contributed by atoms with Gasteiger partial charge in [-0.15, -0.1) is 0 Å². The maximum atomic E-state index is 12.6. The van der Waals surface area contributed by atoms with Gasteiger partial charge in [-0.05, 0) is 38.1 Å². The average Bonchev–Trinajstić information content (AvgIpc) is 2.67. The van der Waals surface area contributed by atoms with Gasteiger partial charge in [0.1, 0.15) is 5.75 Å². The van der Waals surface area contributed by atoms with Crippen molar-refractivity contribution in [3.05, 3.63) is 82.4 Å². The zero-order chi connectivity index (χ0) is 18.7. The molecule has 1 heterocycles. The van der Waals surface area contributed by atoms with Crippen molar-refractivity contribution in [1.29, 1.82) is 0 Å². The summed E-state index contributed by atoms with van der Waals surface area (Å²) in [7, 11) is 1.60. The van der Waals surface area contributed by atoms with Crippen molar-refractivity contribution in [2.24, 2.45) is 0 Å². The smallest absolute Gasteiger partial charge is 0.254 e. The van der Waals surface area contributed by atoms with E-state index in [-0.39, 0.29) is 11.3 Å². The minimum absolute atomic E-state index is 0.119. The van der Waals surface area contributed by atoms with Crippen molar-refractivity contribution in [1.82, 2.24) is 9.55 Å². The number of ether oxygens (including phenoxy) is 1. The number of carbonyl (C=O) groups is 1. The molecule has 0 aliphatic rings. The predicted molar refractivity (Wildman–Crippen MR) is 101 cm³/mol. The normalized spacial score (nSPS) is 11.8. The van der Waals surface area contributed by atoms with Crippen LogP contribution in [-0.2, 0) is 0 Å². The Kier molecular flexibility index (Phi) is 4.98. The standard InChI is InChI=1S/C21H20N2O3/c1-14-4-6-17(7-5-14)21(25)15(2)23-13-22-19(12-20(23)24)16-8-10-18(26-3)11-9-16/h4-13,15H,1-3H3/t15-/m1/s1. The van der Waals surface area contributed by atoms with Gasteiger partial charge in [-0.1, -0.05) is 29.8 Å². The number of ketones is 1. The third-order valence-electron chi connectivity index (χ3n) is 4.35. The van der Waals surface area contributed by atoms with Gasteiger partial charge in [0.15, 0.2) is 5.78 Å². The zero-order valence-electron chi connectivity index (χ0n) is 15.0. The third-order valence-corrected chi connectivity index (χ3v) is 4.35. The summed E-state index contributed by atoms with van der Waals surface area (Å²) >= 11 is 0. The molecule has 5 nitrogen and oxygen atoms in total. The number of hydrogen-bond donors (Lipinski definition) is 0. The Morgan fingerprint density at radius 1 is 1.08 bits per heavy atom. The lowest BCUT2D eigenvalue weighted by atomic mass is 10.0. The summed E-state index contributed by atoms with van der Waals surface area (Å²) in [5.41, 5.74) is 2.77. The van der Waals surface area contributed by atoms with Crippen LogP contribution in [0.3, 0.4) is 0 Å². The fourth-order valence-electron chi connectivity index (χ4n) is 2.71. The molecule has 0 bridgehead atoms. The second-order valence-electron chi connectivity index (χ2n) is 6.15. The lowest BCUT2D eigenvalue weighted by Gasteiger charge is -2.14. The Balaban J connectivity index is 1.87. The molecule has 0 aliphatic heterocycles. The second kappa shape index (κ2) is 7.35. The molecular formula is C21H20N2O3. The van der Waals surface area contributed by atoms with Crippen LogP contribution in [0.5, 0.6) is 5.75 Å². The first kappa shape index (κ1) is 17.6. The monoisotopic (exact) mass is 348 g/mol. The van der Waals surface area contributed by atoms with Gasteiger partial charge in [0.25, 0.3) is 5.56 Å². The number of aromatic nitrogens is 2. The molecule has 0 spiro atoms. The highest BCUT2D eigenvalue weighted by atomic mass is 16.5. The first-order valence-electron chi connectivity index (χ1n) is 8.33. The van der Waals surface area contributed by atoms with Gasteiger partial charge in [-0.3, -0.25) is 14.2 Å². The van der Waals surface area contributed by atoms with E-state index in [2.05, 4.69) is 4.98 Å². The molecule has 0 aliphatic carbocycles. The number of aryl methyl sites for hydroxylation is 1. The number of hydrogen-bond acceptors (Lipinski definition) is 4. The zero-order valence-corrected chi connectivity index (χ0v) is 15.0. The summed E-state index contributed by atoms with van der Waals surface area (Å²) < 4.78 is 6.49. The van der Waals surface area contributed by atoms with Gasteiger partial charge in [-0.2, -0.15) is 0 Å². The Bertz CT molecular complexity index is 973. The minimum atomic E-state index is -0.623. The van der Waals surface area contributed by atoms with Crippen LogP contribution in [0.4, 0.5) is 0 Å². The Hall–Kier alpha value is -3.21. The fraction of sp³-hybridized carbons (Fsp3) is 0.190. The Morgan fingerprint density at radius 3 is 2.31 bits per heavy atom. The van der Waals surface area contributed by atoms with Gasteiger partial charge >= 0.3 is 0 Å². The predicted octanol–water partition coefficient (Wildman–Crippen LogP) is 3.67. The lowest BCUT2D eigenvalue weighted by Crippen LogP contribution is -2.28. The molecule has 5 heteroatoms. The van der Waals surface area contributed by atoms with Gasteiger partial charge in [0.05, 0.1) is 25.2 Å². The topological polar surface area (TPSA) is 61.2 Å². The molecule has 3 rings (SSSR count). The van der Waals surface area contributed by atoms with Crippen molar-refractivity contribution in [3.8, 4) is 17.0 Å². The van der Waals surface area contributed by atoms with Crippen molar-refractivity contribution in [2.45, 2.75) is 19.9 Å². The van der Waals surface area contributed by atoms with E-state index in [0.29, 0.717) is 11.3 Å². The van der Waals surface area contributed by atoms with Crippen LogP contribution in [0.15, 0.2) is 65.7 Å². The molecule has 0 amide bonds. The molecule has 1 aromatic heterocycles. The van der Waals surface area contributed by atoms with E-state index in [0.717, 1.165) is 16.9 Å². The number of nitrogens with zero attached hydrogens (tertiary/aromatic N) is 2. The summed E-state index contributed by atoms with van der Waals surface area (Å²) in [4.78, 5) is 29.5. The molecule has 0 radical (unpaired) electrons. The number of benzene rings is 2. The van der Waals surface area contributed by atoms with Gasteiger partial charge in [0, 0.05) is 17.2 Å². The molecule has 132 valence electrons. The minimum Gasteiger partial charge on any atom is -0.497 e. The molecule has 1 atom stereocenters. The summed E-state index contributed by atoms with van der Waals surface area (Å²) in [5.74, 6) is 0.616. The van der Waals surface area contributed by atoms with Crippen molar-refractivity contribution >= 4 is 5.78 Å². The van der Waals surface area contributed by atoms with Crippen LogP contribution in [0.1, 0.15) is 28.9 Å². The van der Waals surface area contributed by atoms with E-state index in [1.807, 2.05) is 43.3 Å². The van der Waals surface area contributed by atoms with Crippen molar-refractivity contribution < 1.29 is 9.53 Å². The van der Waals surface area contributed by atoms with Gasteiger partial charge in [-0.25, -0.2) is 4.98 Å². The molecule has 0 fully saturated rings. The highest BCUT2D eigenvalue weighted by Gasteiger charge is 2.18. The first-order chi connectivity index (χ1) is 12.5. The molecule has 0 saturated heterocycles. The van der Waals surface area contributed by atoms with E-state index < -0.39 is 6.04 Å². The summed E-state index contributed by atoms with van der Waals surface area (Å²) in [6, 6.07) is 15.4. The highest BCUT2D eigenvalue weighted by molar-refractivity contribution is 5.98. The van der Waals surface area contributed by atoms with Crippen LogP contribution >= 0.6 is 0 Å². The van der Waals surface area contributed by atoms with E-state index in [1.165, 1.54) is 17.0 Å². The van der Waals surface area contributed by atoms with Crippen LogP contribution < -0.4 is 10.3 Å². The molecule has 2 aromatic carbocycles. The van der Waals surface area contributed by atoms with E-state index >= 15 is 0 Å². The maximum absolute atomic E-state index is 12.6. The maximum Gasteiger partial charge on any atom is 0.254 e. The Morgan fingerprint density at radius 2 is 1.73 bits per heavy atom. The molecule has 26 heavy (non-hydrogen) atoms. The van der Waals surface area contributed by atoms with Gasteiger partial charge < -0.3 is 4.74 Å². The SMILES string of the molecule is COc1ccc(-c2cc(=O)n([C@H](C)C(=O)c3ccc(C)cc3)cn2)cc1. The number of methoxy groups -OCH3 is 1. The van der Waals surface area contributed by atoms with Crippen molar-refractivity contribution in [3.63, 3.8) is 0 Å². The molecule has 0 N–H and O–H groups in total. The quantitative estimate of drug-likeness (QED) is 0.660. The molecule has 0 saturated carbocycles. The number of rotatable bonds is 5.